The van der Waals surface area contributed by atoms with E-state index in [-0.39, 0.29) is 18.0 Å². The molecule has 1 N–H and O–H groups in total. The summed E-state index contributed by atoms with van der Waals surface area (Å²) in [6.07, 6.45) is 1.60. The third kappa shape index (κ3) is 4.88. The van der Waals surface area contributed by atoms with Gasteiger partial charge in [0, 0.05) is 6.54 Å². The standard InChI is InChI=1S/C21H23NO3/c1-3-25-21(24)18(14-15-22-2)20(23)19(16-10-6-4-7-11-16)17-12-8-5-9-13-17/h4-14,19,22H,3,15H2,1-2H3/b18-14-. The molecule has 0 fully saturated rings. The van der Waals surface area contributed by atoms with Crippen LogP contribution >= 0.6 is 0 Å². The Bertz CT molecular complexity index is 684. The van der Waals surface area contributed by atoms with E-state index in [2.05, 4.69) is 5.32 Å². The van der Waals surface area contributed by atoms with Gasteiger partial charge in [0.05, 0.1) is 12.5 Å². The lowest BCUT2D eigenvalue weighted by molar-refractivity contribution is -0.140. The number of carbonyl (C=O) groups excluding carboxylic acids is 2. The maximum Gasteiger partial charge on any atom is 0.341 e. The molecule has 0 aliphatic heterocycles. The molecule has 4 heteroatoms. The molecule has 0 bridgehead atoms. The van der Waals surface area contributed by atoms with E-state index < -0.39 is 11.9 Å². The number of rotatable bonds is 8. The molecule has 25 heavy (non-hydrogen) atoms. The van der Waals surface area contributed by atoms with E-state index in [1.165, 1.54) is 0 Å². The van der Waals surface area contributed by atoms with Crippen molar-refractivity contribution in [3.8, 4) is 0 Å². The molecule has 0 atom stereocenters. The minimum atomic E-state index is -0.584. The molecular formula is C21H23NO3. The summed E-state index contributed by atoms with van der Waals surface area (Å²) in [7, 11) is 1.76. The lowest BCUT2D eigenvalue weighted by atomic mass is 9.84. The summed E-state index contributed by atoms with van der Waals surface area (Å²) in [5, 5.41) is 2.93. The Morgan fingerprint density at radius 3 is 1.96 bits per heavy atom. The van der Waals surface area contributed by atoms with Gasteiger partial charge in [0.25, 0.3) is 0 Å². The molecule has 2 rings (SSSR count). The highest BCUT2D eigenvalue weighted by atomic mass is 16.5. The van der Waals surface area contributed by atoms with Crippen molar-refractivity contribution in [3.63, 3.8) is 0 Å². The first-order valence-corrected chi connectivity index (χ1v) is 8.35. The van der Waals surface area contributed by atoms with Gasteiger partial charge < -0.3 is 10.1 Å². The second kappa shape index (κ2) is 9.55. The fraction of sp³-hybridized carbons (Fsp3) is 0.238. The summed E-state index contributed by atoms with van der Waals surface area (Å²) < 4.78 is 5.09. The lowest BCUT2D eigenvalue weighted by Gasteiger charge is -2.18. The van der Waals surface area contributed by atoms with Crippen LogP contribution in [0.4, 0.5) is 0 Å². The Kier molecular flexibility index (Phi) is 7.11. The summed E-state index contributed by atoms with van der Waals surface area (Å²) in [4.78, 5) is 25.6. The maximum absolute atomic E-state index is 13.3. The van der Waals surface area contributed by atoms with Gasteiger partial charge in [-0.3, -0.25) is 4.79 Å². The number of carbonyl (C=O) groups is 2. The fourth-order valence-corrected chi connectivity index (χ4v) is 2.64. The highest BCUT2D eigenvalue weighted by Crippen LogP contribution is 2.28. The normalized spacial score (nSPS) is 11.4. The molecule has 4 nitrogen and oxygen atoms in total. The van der Waals surface area contributed by atoms with Crippen molar-refractivity contribution in [1.29, 1.82) is 0 Å². The molecule has 0 heterocycles. The first-order valence-electron chi connectivity index (χ1n) is 8.35. The molecule has 0 saturated heterocycles. The zero-order valence-corrected chi connectivity index (χ0v) is 14.6. The van der Waals surface area contributed by atoms with E-state index in [1.54, 1.807) is 20.0 Å². The molecule has 2 aromatic rings. The van der Waals surface area contributed by atoms with Crippen LogP contribution in [0.3, 0.4) is 0 Å². The highest BCUT2D eigenvalue weighted by molar-refractivity contribution is 6.20. The predicted octanol–water partition coefficient (Wildman–Crippen LogP) is 3.10. The van der Waals surface area contributed by atoms with E-state index in [0.717, 1.165) is 11.1 Å². The second-order valence-electron chi connectivity index (χ2n) is 5.51. The molecule has 0 spiro atoms. The largest absolute Gasteiger partial charge is 0.462 e. The number of ketones is 1. The minimum Gasteiger partial charge on any atom is -0.462 e. The molecule has 0 saturated carbocycles. The van der Waals surface area contributed by atoms with E-state index in [9.17, 15) is 9.59 Å². The molecule has 0 radical (unpaired) electrons. The van der Waals surface area contributed by atoms with Crippen LogP contribution in [0.5, 0.6) is 0 Å². The van der Waals surface area contributed by atoms with Crippen LogP contribution in [-0.2, 0) is 14.3 Å². The summed E-state index contributed by atoms with van der Waals surface area (Å²) in [6.45, 7) is 2.37. The van der Waals surface area contributed by atoms with E-state index in [1.807, 2.05) is 60.7 Å². The molecule has 130 valence electrons. The number of nitrogens with one attached hydrogen (secondary N) is 1. The average Bonchev–Trinajstić information content (AvgIpc) is 2.64. The average molecular weight is 337 g/mol. The number of hydrogen-bond acceptors (Lipinski definition) is 4. The monoisotopic (exact) mass is 337 g/mol. The minimum absolute atomic E-state index is 0.0777. The fourth-order valence-electron chi connectivity index (χ4n) is 2.64. The zero-order chi connectivity index (χ0) is 18.1. The number of esters is 1. The van der Waals surface area contributed by atoms with Gasteiger partial charge in [0.1, 0.15) is 5.57 Å². The molecule has 2 aromatic carbocycles. The van der Waals surface area contributed by atoms with Crippen molar-refractivity contribution in [2.24, 2.45) is 0 Å². The molecule has 0 aliphatic rings. The van der Waals surface area contributed by atoms with Gasteiger partial charge in [0.2, 0.25) is 0 Å². The summed E-state index contributed by atoms with van der Waals surface area (Å²) in [5.41, 5.74) is 1.77. The van der Waals surface area contributed by atoms with E-state index in [0.29, 0.717) is 6.54 Å². The summed E-state index contributed by atoms with van der Waals surface area (Å²) in [5.74, 6) is -1.39. The van der Waals surface area contributed by atoms with Crippen LogP contribution in [0.15, 0.2) is 72.3 Å². The van der Waals surface area contributed by atoms with Crippen LogP contribution < -0.4 is 5.32 Å². The van der Waals surface area contributed by atoms with Crippen molar-refractivity contribution in [3.05, 3.63) is 83.4 Å². The van der Waals surface area contributed by atoms with E-state index >= 15 is 0 Å². The van der Waals surface area contributed by atoms with Crippen molar-refractivity contribution >= 4 is 11.8 Å². The molecular weight excluding hydrogens is 314 g/mol. The second-order valence-corrected chi connectivity index (χ2v) is 5.51. The van der Waals surface area contributed by atoms with Gasteiger partial charge in [-0.15, -0.1) is 0 Å². The van der Waals surface area contributed by atoms with Gasteiger partial charge in [-0.05, 0) is 25.1 Å². The van der Waals surface area contributed by atoms with Crippen LogP contribution in [-0.4, -0.2) is 32.0 Å². The van der Waals surface area contributed by atoms with Gasteiger partial charge in [-0.2, -0.15) is 0 Å². The SMILES string of the molecule is CCOC(=O)/C(=C\CNC)C(=O)C(c1ccccc1)c1ccccc1. The maximum atomic E-state index is 13.3. The Morgan fingerprint density at radius 2 is 1.52 bits per heavy atom. The Labute approximate surface area is 148 Å². The summed E-state index contributed by atoms with van der Waals surface area (Å²) in [6, 6.07) is 19.0. The molecule has 0 aliphatic carbocycles. The molecule has 0 aromatic heterocycles. The van der Waals surface area contributed by atoms with Crippen LogP contribution in [0, 0.1) is 0 Å². The molecule has 0 unspecified atom stereocenters. The number of Topliss-reactive ketones (excluding diaryl/α,β-unsaturated/α-hetero) is 1. The first-order chi connectivity index (χ1) is 12.2. The Hall–Kier alpha value is -2.72. The van der Waals surface area contributed by atoms with Crippen LogP contribution in [0.1, 0.15) is 24.0 Å². The number of likely N-dealkylation sites (N-methyl/N-ethyl adjacent to an activating group) is 1. The summed E-state index contributed by atoms with van der Waals surface area (Å²) >= 11 is 0. The lowest BCUT2D eigenvalue weighted by Crippen LogP contribution is -2.24. The Balaban J connectivity index is 2.48. The van der Waals surface area contributed by atoms with Crippen molar-refractivity contribution in [2.75, 3.05) is 20.2 Å². The van der Waals surface area contributed by atoms with Crippen LogP contribution in [0.2, 0.25) is 0 Å². The van der Waals surface area contributed by atoms with Gasteiger partial charge in [-0.25, -0.2) is 4.79 Å². The van der Waals surface area contributed by atoms with Gasteiger partial charge >= 0.3 is 5.97 Å². The van der Waals surface area contributed by atoms with Crippen molar-refractivity contribution in [1.82, 2.24) is 5.32 Å². The van der Waals surface area contributed by atoms with Crippen LogP contribution in [0.25, 0.3) is 0 Å². The van der Waals surface area contributed by atoms with Crippen molar-refractivity contribution < 1.29 is 14.3 Å². The molecule has 0 amide bonds. The van der Waals surface area contributed by atoms with Gasteiger partial charge in [0.15, 0.2) is 5.78 Å². The third-order valence-electron chi connectivity index (χ3n) is 3.80. The third-order valence-corrected chi connectivity index (χ3v) is 3.80. The number of hydrogen-bond donors (Lipinski definition) is 1. The smallest absolute Gasteiger partial charge is 0.341 e. The Morgan fingerprint density at radius 1 is 1.00 bits per heavy atom. The topological polar surface area (TPSA) is 55.4 Å². The number of ether oxygens (including phenoxy) is 1. The van der Waals surface area contributed by atoms with Gasteiger partial charge in [-0.1, -0.05) is 66.7 Å². The first kappa shape index (κ1) is 18.6. The highest BCUT2D eigenvalue weighted by Gasteiger charge is 2.29. The quantitative estimate of drug-likeness (QED) is 0.348. The van der Waals surface area contributed by atoms with Crippen molar-refractivity contribution in [2.45, 2.75) is 12.8 Å². The zero-order valence-electron chi connectivity index (χ0n) is 14.6. The predicted molar refractivity (Wildman–Crippen MR) is 98.4 cm³/mol. The van der Waals surface area contributed by atoms with E-state index in [4.69, 9.17) is 4.74 Å². The number of benzene rings is 2.